The molecule has 0 radical (unpaired) electrons. The molecule has 2 aliphatic heterocycles. The third-order valence-corrected chi connectivity index (χ3v) is 5.77. The van der Waals surface area contributed by atoms with E-state index in [0.717, 1.165) is 44.6 Å². The number of rotatable bonds is 4. The van der Waals surface area contributed by atoms with Gasteiger partial charge in [-0.25, -0.2) is 4.98 Å². The molecule has 1 amide bonds. The summed E-state index contributed by atoms with van der Waals surface area (Å²) in [7, 11) is 0. The lowest BCUT2D eigenvalue weighted by Gasteiger charge is -2.46. The van der Waals surface area contributed by atoms with E-state index in [0.29, 0.717) is 12.4 Å². The van der Waals surface area contributed by atoms with E-state index >= 15 is 0 Å². The van der Waals surface area contributed by atoms with Crippen LogP contribution in [0.1, 0.15) is 35.8 Å². The number of piperidine rings is 1. The van der Waals surface area contributed by atoms with Crippen molar-refractivity contribution in [3.63, 3.8) is 0 Å². The maximum absolute atomic E-state index is 13.4. The van der Waals surface area contributed by atoms with Gasteiger partial charge in [0.15, 0.2) is 0 Å². The van der Waals surface area contributed by atoms with Crippen molar-refractivity contribution < 1.29 is 4.79 Å². The molecule has 2 saturated heterocycles. The number of likely N-dealkylation sites (tertiary alicyclic amines) is 1. The number of H-pyrrole nitrogens is 1. The van der Waals surface area contributed by atoms with Gasteiger partial charge >= 0.3 is 0 Å². The zero-order valence-corrected chi connectivity index (χ0v) is 15.7. The number of carbonyl (C=O) groups excluding carboxylic acids is 1. The van der Waals surface area contributed by atoms with E-state index in [1.54, 1.807) is 13.0 Å². The third-order valence-electron chi connectivity index (χ3n) is 5.77. The summed E-state index contributed by atoms with van der Waals surface area (Å²) >= 11 is 0. The van der Waals surface area contributed by atoms with Gasteiger partial charge in [-0.05, 0) is 31.7 Å². The maximum Gasteiger partial charge on any atom is 0.251 e. The number of hydrogen-bond donors (Lipinski definition) is 2. The molecule has 2 aromatic rings. The van der Waals surface area contributed by atoms with Gasteiger partial charge < -0.3 is 15.2 Å². The van der Waals surface area contributed by atoms with Gasteiger partial charge in [-0.3, -0.25) is 9.59 Å². The van der Waals surface area contributed by atoms with Crippen LogP contribution in [-0.4, -0.2) is 47.0 Å². The van der Waals surface area contributed by atoms with Gasteiger partial charge in [0, 0.05) is 38.2 Å². The van der Waals surface area contributed by atoms with E-state index in [4.69, 9.17) is 0 Å². The van der Waals surface area contributed by atoms with Crippen LogP contribution in [0.4, 0.5) is 0 Å². The minimum atomic E-state index is -0.346. The van der Waals surface area contributed by atoms with Crippen LogP contribution in [0, 0.1) is 12.3 Å². The van der Waals surface area contributed by atoms with E-state index in [1.165, 1.54) is 5.56 Å². The minimum absolute atomic E-state index is 0.121. The maximum atomic E-state index is 13.4. The summed E-state index contributed by atoms with van der Waals surface area (Å²) in [6, 6.07) is 11.8. The Bertz CT molecular complexity index is 873. The van der Waals surface area contributed by atoms with E-state index in [-0.39, 0.29) is 22.8 Å². The van der Waals surface area contributed by atoms with Crippen molar-refractivity contribution in [1.29, 1.82) is 0 Å². The Balaban J connectivity index is 1.51. The lowest BCUT2D eigenvalue weighted by molar-refractivity contribution is -0.146. The molecular formula is C21H26N4O2. The largest absolute Gasteiger partial charge is 0.341 e. The molecule has 6 heteroatoms. The predicted molar refractivity (Wildman–Crippen MR) is 104 cm³/mol. The van der Waals surface area contributed by atoms with Crippen LogP contribution in [-0.2, 0) is 11.2 Å². The van der Waals surface area contributed by atoms with Crippen molar-refractivity contribution in [2.45, 2.75) is 32.1 Å². The molecule has 0 bridgehead atoms. The first-order chi connectivity index (χ1) is 13.1. The topological polar surface area (TPSA) is 78.1 Å². The number of amides is 1. The summed E-state index contributed by atoms with van der Waals surface area (Å²) in [5, 5.41) is 3.29. The van der Waals surface area contributed by atoms with Crippen LogP contribution in [0.2, 0.25) is 0 Å². The van der Waals surface area contributed by atoms with E-state index in [1.807, 2.05) is 23.1 Å². The van der Waals surface area contributed by atoms with Crippen molar-refractivity contribution >= 4 is 5.91 Å². The summed E-state index contributed by atoms with van der Waals surface area (Å²) in [5.41, 5.74) is 1.54. The molecule has 0 spiro atoms. The van der Waals surface area contributed by atoms with E-state index in [2.05, 4.69) is 27.4 Å². The van der Waals surface area contributed by atoms with Crippen molar-refractivity contribution in [2.75, 3.05) is 26.2 Å². The summed E-state index contributed by atoms with van der Waals surface area (Å²) in [4.78, 5) is 34.4. The van der Waals surface area contributed by atoms with E-state index < -0.39 is 0 Å². The molecule has 3 heterocycles. The summed E-state index contributed by atoms with van der Waals surface area (Å²) in [6.07, 6.45) is 2.67. The Hall–Kier alpha value is -2.47. The van der Waals surface area contributed by atoms with Gasteiger partial charge in [-0.15, -0.1) is 0 Å². The predicted octanol–water partition coefficient (Wildman–Crippen LogP) is 1.62. The third kappa shape index (κ3) is 3.67. The smallest absolute Gasteiger partial charge is 0.251 e. The molecule has 6 nitrogen and oxygen atoms in total. The molecule has 0 aliphatic carbocycles. The zero-order chi connectivity index (χ0) is 18.9. The monoisotopic (exact) mass is 366 g/mol. The number of hydrogen-bond acceptors (Lipinski definition) is 4. The van der Waals surface area contributed by atoms with Crippen molar-refractivity contribution in [3.8, 4) is 0 Å². The number of nitrogens with one attached hydrogen (secondary N) is 2. The van der Waals surface area contributed by atoms with Gasteiger partial charge in [0.2, 0.25) is 5.91 Å². The molecule has 1 aromatic heterocycles. The molecule has 142 valence electrons. The molecule has 27 heavy (non-hydrogen) atoms. The molecule has 1 unspecified atom stereocenters. The molecule has 4 rings (SSSR count). The zero-order valence-electron chi connectivity index (χ0n) is 15.7. The first kappa shape index (κ1) is 17.9. The number of benzene rings is 1. The molecule has 2 aliphatic rings. The van der Waals surface area contributed by atoms with Crippen LogP contribution in [0.3, 0.4) is 0 Å². The molecule has 1 atom stereocenters. The Morgan fingerprint density at radius 2 is 2.07 bits per heavy atom. The lowest BCUT2D eigenvalue weighted by atomic mass is 9.74. The van der Waals surface area contributed by atoms with Crippen molar-refractivity contribution in [1.82, 2.24) is 20.2 Å². The lowest BCUT2D eigenvalue weighted by Crippen LogP contribution is -2.64. The summed E-state index contributed by atoms with van der Waals surface area (Å²) < 4.78 is 0. The summed E-state index contributed by atoms with van der Waals surface area (Å²) in [5.74, 6) is 0.992. The normalized spacial score (nSPS) is 21.5. The SMILES string of the molecule is Cc1nc(C2CCCN(C(=O)C3(Cc4ccccc4)CNC3)C2)cc(=O)[nH]1. The van der Waals surface area contributed by atoms with Crippen LogP contribution in [0.15, 0.2) is 41.2 Å². The van der Waals surface area contributed by atoms with Gasteiger partial charge in [0.25, 0.3) is 5.56 Å². The van der Waals surface area contributed by atoms with Gasteiger partial charge in [0.1, 0.15) is 5.82 Å². The fourth-order valence-corrected chi connectivity index (χ4v) is 4.32. The highest BCUT2D eigenvalue weighted by atomic mass is 16.2. The first-order valence-corrected chi connectivity index (χ1v) is 9.68. The second-order valence-corrected chi connectivity index (χ2v) is 7.89. The van der Waals surface area contributed by atoms with Crippen LogP contribution in [0.5, 0.6) is 0 Å². The quantitative estimate of drug-likeness (QED) is 0.862. The number of aromatic amines is 1. The highest BCUT2D eigenvalue weighted by Crippen LogP contribution is 2.33. The van der Waals surface area contributed by atoms with Crippen molar-refractivity contribution in [2.24, 2.45) is 5.41 Å². The van der Waals surface area contributed by atoms with Crippen molar-refractivity contribution in [3.05, 3.63) is 63.8 Å². The standard InChI is InChI=1S/C21H26N4O2/c1-15-23-18(10-19(26)24-15)17-8-5-9-25(12-17)20(27)21(13-22-14-21)11-16-6-3-2-4-7-16/h2-4,6-7,10,17,22H,5,8-9,11-14H2,1H3,(H,23,24,26). The first-order valence-electron chi connectivity index (χ1n) is 9.68. The highest BCUT2D eigenvalue weighted by molar-refractivity contribution is 5.85. The number of nitrogens with zero attached hydrogens (tertiary/aromatic N) is 2. The fourth-order valence-electron chi connectivity index (χ4n) is 4.32. The Kier molecular flexibility index (Phi) is 4.83. The second kappa shape index (κ2) is 7.27. The Morgan fingerprint density at radius 3 is 2.74 bits per heavy atom. The van der Waals surface area contributed by atoms with Crippen LogP contribution >= 0.6 is 0 Å². The van der Waals surface area contributed by atoms with Crippen LogP contribution in [0.25, 0.3) is 0 Å². The second-order valence-electron chi connectivity index (χ2n) is 7.89. The average molecular weight is 366 g/mol. The number of aryl methyl sites for hydroxylation is 1. The molecule has 0 saturated carbocycles. The minimum Gasteiger partial charge on any atom is -0.341 e. The van der Waals surface area contributed by atoms with E-state index in [9.17, 15) is 9.59 Å². The molecule has 2 N–H and O–H groups in total. The number of aromatic nitrogens is 2. The molecule has 1 aromatic carbocycles. The molecule has 2 fully saturated rings. The number of carbonyl (C=O) groups is 1. The highest BCUT2D eigenvalue weighted by Gasteiger charge is 2.47. The Labute approximate surface area is 159 Å². The van der Waals surface area contributed by atoms with Gasteiger partial charge in [-0.1, -0.05) is 30.3 Å². The van der Waals surface area contributed by atoms with Gasteiger partial charge in [0.05, 0.1) is 11.1 Å². The average Bonchev–Trinajstić information content (AvgIpc) is 2.64. The Morgan fingerprint density at radius 1 is 1.30 bits per heavy atom. The summed E-state index contributed by atoms with van der Waals surface area (Å²) in [6.45, 7) is 4.68. The fraction of sp³-hybridized carbons (Fsp3) is 0.476. The molecular weight excluding hydrogens is 340 g/mol. The van der Waals surface area contributed by atoms with Crippen LogP contribution < -0.4 is 10.9 Å². The van der Waals surface area contributed by atoms with Gasteiger partial charge in [-0.2, -0.15) is 0 Å².